The summed E-state index contributed by atoms with van der Waals surface area (Å²) >= 11 is 4.69. The molecular weight excluding hydrogens is 330 g/mol. The molecule has 0 spiro atoms. The van der Waals surface area contributed by atoms with Gasteiger partial charge >= 0.3 is 0 Å². The third kappa shape index (κ3) is 3.82. The zero-order valence-electron chi connectivity index (χ0n) is 10.2. The second-order valence-corrected chi connectivity index (χ2v) is 5.59. The number of methoxy groups -OCH3 is 1. The Hall–Kier alpha value is -1.31. The normalized spacial score (nSPS) is 10.4. The van der Waals surface area contributed by atoms with E-state index < -0.39 is 0 Å². The predicted octanol–water partition coefficient (Wildman–Crippen LogP) is 2.74. The lowest BCUT2D eigenvalue weighted by Gasteiger charge is -2.02. The first-order valence-corrected chi connectivity index (χ1v) is 7.19. The summed E-state index contributed by atoms with van der Waals surface area (Å²) in [6.45, 7) is 0.590. The highest BCUT2D eigenvalue weighted by Crippen LogP contribution is 2.20. The van der Waals surface area contributed by atoms with Crippen LogP contribution in [-0.4, -0.2) is 29.8 Å². The van der Waals surface area contributed by atoms with Crippen molar-refractivity contribution in [2.45, 2.75) is 6.42 Å². The summed E-state index contributed by atoms with van der Waals surface area (Å²) in [5, 5.41) is 12.0. The van der Waals surface area contributed by atoms with Gasteiger partial charge in [0.1, 0.15) is 5.01 Å². The Balaban J connectivity index is 2.03. The average molecular weight is 342 g/mol. The van der Waals surface area contributed by atoms with Crippen LogP contribution in [0.1, 0.15) is 15.4 Å². The van der Waals surface area contributed by atoms with Gasteiger partial charge in [0.2, 0.25) is 5.13 Å². The molecule has 1 N–H and O–H groups in total. The van der Waals surface area contributed by atoms with E-state index in [-0.39, 0.29) is 5.91 Å². The Labute approximate surface area is 123 Å². The molecule has 1 aromatic heterocycles. The Kier molecular flexibility index (Phi) is 5.00. The first-order chi connectivity index (χ1) is 9.20. The molecule has 0 atom stereocenters. The van der Waals surface area contributed by atoms with Crippen LogP contribution < -0.4 is 5.32 Å². The summed E-state index contributed by atoms with van der Waals surface area (Å²) in [4.78, 5) is 12.0. The van der Waals surface area contributed by atoms with Crippen LogP contribution in [0.4, 0.5) is 5.13 Å². The molecule has 2 aromatic rings. The van der Waals surface area contributed by atoms with Gasteiger partial charge in [-0.2, -0.15) is 0 Å². The van der Waals surface area contributed by atoms with E-state index in [4.69, 9.17) is 4.74 Å². The van der Waals surface area contributed by atoms with Crippen LogP contribution >= 0.6 is 27.3 Å². The minimum absolute atomic E-state index is 0.207. The number of anilines is 1. The Morgan fingerprint density at radius 1 is 1.42 bits per heavy atom. The van der Waals surface area contributed by atoms with Crippen LogP contribution in [0.3, 0.4) is 0 Å². The lowest BCUT2D eigenvalue weighted by molar-refractivity contribution is 0.102. The van der Waals surface area contributed by atoms with Gasteiger partial charge in [-0.3, -0.25) is 10.1 Å². The second kappa shape index (κ2) is 6.74. The molecule has 7 heteroatoms. The maximum Gasteiger partial charge on any atom is 0.258 e. The Bertz CT molecular complexity index is 574. The summed E-state index contributed by atoms with van der Waals surface area (Å²) in [5.41, 5.74) is 0.566. The molecule has 0 fully saturated rings. The first-order valence-electron chi connectivity index (χ1n) is 5.58. The van der Waals surface area contributed by atoms with Gasteiger partial charge in [0, 0.05) is 18.0 Å². The molecule has 0 saturated carbocycles. The van der Waals surface area contributed by atoms with E-state index in [9.17, 15) is 4.79 Å². The Morgan fingerprint density at radius 2 is 2.21 bits per heavy atom. The molecule has 0 aliphatic carbocycles. The van der Waals surface area contributed by atoms with Gasteiger partial charge in [0.25, 0.3) is 5.91 Å². The molecule has 1 aromatic carbocycles. The minimum atomic E-state index is -0.207. The highest BCUT2D eigenvalue weighted by atomic mass is 79.9. The van der Waals surface area contributed by atoms with Gasteiger partial charge in [-0.25, -0.2) is 0 Å². The molecular formula is C12H12BrN3O2S. The van der Waals surface area contributed by atoms with Crippen LogP contribution in [0.2, 0.25) is 0 Å². The number of carbonyl (C=O) groups is 1. The van der Waals surface area contributed by atoms with E-state index in [2.05, 4.69) is 31.4 Å². The minimum Gasteiger partial charge on any atom is -0.384 e. The van der Waals surface area contributed by atoms with Gasteiger partial charge in [0.05, 0.1) is 12.2 Å². The molecule has 1 amide bonds. The third-order valence-corrected chi connectivity index (χ3v) is 3.92. The van der Waals surface area contributed by atoms with Crippen LogP contribution in [0.5, 0.6) is 0 Å². The number of nitrogens with zero attached hydrogens (tertiary/aromatic N) is 2. The van der Waals surface area contributed by atoms with Crippen molar-refractivity contribution in [3.63, 3.8) is 0 Å². The van der Waals surface area contributed by atoms with Crippen LogP contribution in [0.25, 0.3) is 0 Å². The molecule has 5 nitrogen and oxygen atoms in total. The van der Waals surface area contributed by atoms with Gasteiger partial charge in [-0.1, -0.05) is 23.5 Å². The standard InChI is InChI=1S/C12H12BrN3O2S/c1-18-7-6-10-15-16-12(19-10)14-11(17)8-4-2-3-5-9(8)13/h2-5H,6-7H2,1H3,(H,14,16,17). The van der Waals surface area contributed by atoms with Gasteiger partial charge in [0.15, 0.2) is 0 Å². The number of nitrogens with one attached hydrogen (secondary N) is 1. The topological polar surface area (TPSA) is 64.1 Å². The van der Waals surface area contributed by atoms with Crippen LogP contribution in [-0.2, 0) is 11.2 Å². The summed E-state index contributed by atoms with van der Waals surface area (Å²) in [6.07, 6.45) is 0.694. The van der Waals surface area contributed by atoms with E-state index in [1.807, 2.05) is 18.2 Å². The molecule has 100 valence electrons. The summed E-state index contributed by atoms with van der Waals surface area (Å²) in [5.74, 6) is -0.207. The highest BCUT2D eigenvalue weighted by molar-refractivity contribution is 9.10. The molecule has 0 unspecified atom stereocenters. The van der Waals surface area contributed by atoms with Crippen molar-refractivity contribution in [1.29, 1.82) is 0 Å². The van der Waals surface area contributed by atoms with E-state index in [1.54, 1.807) is 13.2 Å². The van der Waals surface area contributed by atoms with Crippen molar-refractivity contribution in [2.75, 3.05) is 19.0 Å². The zero-order chi connectivity index (χ0) is 13.7. The maximum atomic E-state index is 12.0. The quantitative estimate of drug-likeness (QED) is 0.908. The molecule has 19 heavy (non-hydrogen) atoms. The number of hydrogen-bond donors (Lipinski definition) is 1. The monoisotopic (exact) mass is 341 g/mol. The number of carbonyl (C=O) groups excluding carboxylic acids is 1. The SMILES string of the molecule is COCCc1nnc(NC(=O)c2ccccc2Br)s1. The number of halogens is 1. The fraction of sp³-hybridized carbons (Fsp3) is 0.250. The van der Waals surface area contributed by atoms with Crippen molar-refractivity contribution in [2.24, 2.45) is 0 Å². The number of rotatable bonds is 5. The molecule has 1 heterocycles. The van der Waals surface area contributed by atoms with Crippen molar-refractivity contribution < 1.29 is 9.53 Å². The maximum absolute atomic E-state index is 12.0. The number of amides is 1. The van der Waals surface area contributed by atoms with Gasteiger partial charge in [-0.05, 0) is 28.1 Å². The second-order valence-electron chi connectivity index (χ2n) is 3.68. The smallest absolute Gasteiger partial charge is 0.258 e. The number of ether oxygens (including phenoxy) is 1. The largest absolute Gasteiger partial charge is 0.384 e. The first kappa shape index (κ1) is 14.1. The molecule has 0 bridgehead atoms. The van der Waals surface area contributed by atoms with Gasteiger partial charge < -0.3 is 4.74 Å². The van der Waals surface area contributed by atoms with Crippen LogP contribution in [0.15, 0.2) is 28.7 Å². The summed E-state index contributed by atoms with van der Waals surface area (Å²) in [7, 11) is 1.64. The molecule has 0 aliphatic heterocycles. The van der Waals surface area contributed by atoms with E-state index in [0.717, 1.165) is 9.48 Å². The Morgan fingerprint density at radius 3 is 2.95 bits per heavy atom. The van der Waals surface area contributed by atoms with E-state index in [0.29, 0.717) is 23.7 Å². The third-order valence-electron chi connectivity index (χ3n) is 2.33. The average Bonchev–Trinajstić information content (AvgIpc) is 2.84. The van der Waals surface area contributed by atoms with Gasteiger partial charge in [-0.15, -0.1) is 10.2 Å². The van der Waals surface area contributed by atoms with E-state index >= 15 is 0 Å². The fourth-order valence-electron chi connectivity index (χ4n) is 1.40. The van der Waals surface area contributed by atoms with E-state index in [1.165, 1.54) is 11.3 Å². The molecule has 2 rings (SSSR count). The van der Waals surface area contributed by atoms with Crippen molar-refractivity contribution in [1.82, 2.24) is 10.2 Å². The fourth-order valence-corrected chi connectivity index (χ4v) is 2.58. The number of benzene rings is 1. The van der Waals surface area contributed by atoms with Crippen molar-refractivity contribution in [3.8, 4) is 0 Å². The summed E-state index contributed by atoms with van der Waals surface area (Å²) in [6, 6.07) is 7.23. The molecule has 0 radical (unpaired) electrons. The molecule has 0 saturated heterocycles. The molecule has 0 aliphatic rings. The predicted molar refractivity (Wildman–Crippen MR) is 77.6 cm³/mol. The number of aromatic nitrogens is 2. The summed E-state index contributed by atoms with van der Waals surface area (Å²) < 4.78 is 5.71. The van der Waals surface area contributed by atoms with Crippen molar-refractivity contribution in [3.05, 3.63) is 39.3 Å². The van der Waals surface area contributed by atoms with Crippen LogP contribution in [0, 0.1) is 0 Å². The lowest BCUT2D eigenvalue weighted by atomic mass is 10.2. The highest BCUT2D eigenvalue weighted by Gasteiger charge is 2.12. The zero-order valence-corrected chi connectivity index (χ0v) is 12.6. The number of hydrogen-bond acceptors (Lipinski definition) is 5. The van der Waals surface area contributed by atoms with Crippen molar-refractivity contribution >= 4 is 38.3 Å². The lowest BCUT2D eigenvalue weighted by Crippen LogP contribution is -2.12.